The van der Waals surface area contributed by atoms with Crippen molar-refractivity contribution in [2.45, 2.75) is 45.1 Å². The predicted octanol–water partition coefficient (Wildman–Crippen LogP) is 3.43. The zero-order chi connectivity index (χ0) is 16.7. The zero-order valence-corrected chi connectivity index (χ0v) is 13.7. The molecule has 2 rings (SSSR count). The maximum Gasteiger partial charge on any atom is 0.289 e. The molecule has 1 aromatic carbocycles. The smallest absolute Gasteiger partial charge is 0.289 e. The van der Waals surface area contributed by atoms with E-state index < -0.39 is 6.10 Å². The number of aliphatic hydroxyl groups is 1. The molecule has 1 unspecified atom stereocenters. The molecule has 0 aliphatic carbocycles. The van der Waals surface area contributed by atoms with Gasteiger partial charge in [-0.2, -0.15) is 0 Å². The second-order valence-electron chi connectivity index (χ2n) is 5.60. The van der Waals surface area contributed by atoms with Crippen LogP contribution in [0.3, 0.4) is 0 Å². The average molecular weight is 316 g/mol. The van der Waals surface area contributed by atoms with Crippen LogP contribution >= 0.6 is 0 Å². The molecule has 1 aromatic heterocycles. The molecular formula is C18H24N2O3. The zero-order valence-electron chi connectivity index (χ0n) is 13.7. The fourth-order valence-corrected chi connectivity index (χ4v) is 2.55. The molecule has 0 radical (unpaired) electrons. The summed E-state index contributed by atoms with van der Waals surface area (Å²) in [5.41, 5.74) is 1.67. The van der Waals surface area contributed by atoms with Gasteiger partial charge in [0.05, 0.1) is 11.8 Å². The summed E-state index contributed by atoms with van der Waals surface area (Å²) >= 11 is 0. The van der Waals surface area contributed by atoms with E-state index in [2.05, 4.69) is 24.3 Å². The minimum absolute atomic E-state index is 0.223. The van der Waals surface area contributed by atoms with E-state index in [1.807, 2.05) is 30.3 Å². The van der Waals surface area contributed by atoms with Gasteiger partial charge in [0.25, 0.3) is 5.91 Å². The van der Waals surface area contributed by atoms with Crippen LogP contribution < -0.4 is 5.32 Å². The fraction of sp³-hybridized carbons (Fsp3) is 0.444. The normalized spacial score (nSPS) is 12.3. The highest BCUT2D eigenvalue weighted by atomic mass is 16.5. The van der Waals surface area contributed by atoms with Crippen LogP contribution in [0.5, 0.6) is 0 Å². The number of hydrogen-bond donors (Lipinski definition) is 2. The first-order valence-corrected chi connectivity index (χ1v) is 8.13. The molecule has 1 atom stereocenters. The van der Waals surface area contributed by atoms with Crippen LogP contribution in [-0.4, -0.2) is 22.7 Å². The summed E-state index contributed by atoms with van der Waals surface area (Å²) in [6, 6.07) is 11.1. The molecule has 2 aromatic rings. The lowest BCUT2D eigenvalue weighted by molar-refractivity contribution is 0.0906. The van der Waals surface area contributed by atoms with E-state index in [0.29, 0.717) is 18.9 Å². The lowest BCUT2D eigenvalue weighted by atomic mass is 9.99. The Balaban J connectivity index is 1.83. The molecule has 0 aliphatic heterocycles. The third-order valence-corrected chi connectivity index (χ3v) is 4.04. The number of benzene rings is 1. The van der Waals surface area contributed by atoms with Crippen molar-refractivity contribution in [2.24, 2.45) is 0 Å². The molecule has 0 bridgehead atoms. The van der Waals surface area contributed by atoms with Crippen LogP contribution in [0.25, 0.3) is 0 Å². The summed E-state index contributed by atoms with van der Waals surface area (Å²) in [5, 5.41) is 16.8. The summed E-state index contributed by atoms with van der Waals surface area (Å²) in [5.74, 6) is 0.247. The van der Waals surface area contributed by atoms with Crippen molar-refractivity contribution in [2.75, 3.05) is 6.54 Å². The molecule has 2 N–H and O–H groups in total. The molecule has 1 heterocycles. The molecule has 5 heteroatoms. The summed E-state index contributed by atoms with van der Waals surface area (Å²) in [6.07, 6.45) is 1.79. The summed E-state index contributed by atoms with van der Waals surface area (Å²) in [4.78, 5) is 12.0. The Hall–Kier alpha value is -2.14. The first-order valence-electron chi connectivity index (χ1n) is 8.13. The highest BCUT2D eigenvalue weighted by molar-refractivity contribution is 5.91. The fourth-order valence-electron chi connectivity index (χ4n) is 2.55. The van der Waals surface area contributed by atoms with Crippen molar-refractivity contribution in [3.63, 3.8) is 0 Å². The number of nitrogens with one attached hydrogen (secondary N) is 1. The summed E-state index contributed by atoms with van der Waals surface area (Å²) in [7, 11) is 0. The molecule has 23 heavy (non-hydrogen) atoms. The van der Waals surface area contributed by atoms with E-state index in [0.717, 1.165) is 24.1 Å². The molecule has 0 fully saturated rings. The van der Waals surface area contributed by atoms with E-state index in [9.17, 15) is 9.90 Å². The van der Waals surface area contributed by atoms with E-state index in [1.165, 1.54) is 0 Å². The maximum atomic E-state index is 12.0. The number of carbonyl (C=O) groups is 1. The minimum Gasteiger partial charge on any atom is -0.388 e. The molecule has 1 amide bonds. The third kappa shape index (κ3) is 4.66. The van der Waals surface area contributed by atoms with Gasteiger partial charge in [-0.05, 0) is 24.8 Å². The van der Waals surface area contributed by atoms with E-state index in [1.54, 1.807) is 6.07 Å². The largest absolute Gasteiger partial charge is 0.388 e. The maximum absolute atomic E-state index is 12.0. The van der Waals surface area contributed by atoms with Gasteiger partial charge < -0.3 is 14.9 Å². The Morgan fingerprint density at radius 1 is 1.26 bits per heavy atom. The Morgan fingerprint density at radius 3 is 2.61 bits per heavy atom. The van der Waals surface area contributed by atoms with Crippen molar-refractivity contribution in [1.82, 2.24) is 10.5 Å². The van der Waals surface area contributed by atoms with Gasteiger partial charge in [-0.1, -0.05) is 49.3 Å². The second-order valence-corrected chi connectivity index (χ2v) is 5.60. The number of rotatable bonds is 8. The Labute approximate surface area is 136 Å². The Morgan fingerprint density at radius 2 is 1.96 bits per heavy atom. The third-order valence-electron chi connectivity index (χ3n) is 4.04. The second kappa shape index (κ2) is 8.48. The standard InChI is InChI=1S/C18H24N2O3/c1-3-13(4-2)15-12-17(23-20-15)18(22)19-11-10-16(21)14-8-6-5-7-9-14/h5-9,12-13,16,21H,3-4,10-11H2,1-2H3,(H,19,22). The van der Waals surface area contributed by atoms with Gasteiger partial charge in [0.15, 0.2) is 0 Å². The van der Waals surface area contributed by atoms with Crippen LogP contribution in [0.4, 0.5) is 0 Å². The molecule has 124 valence electrons. The van der Waals surface area contributed by atoms with E-state index >= 15 is 0 Å². The van der Waals surface area contributed by atoms with Crippen LogP contribution in [0, 0.1) is 0 Å². The minimum atomic E-state index is -0.591. The van der Waals surface area contributed by atoms with Crippen molar-refractivity contribution >= 4 is 5.91 Å². The Bertz CT molecular complexity index is 606. The van der Waals surface area contributed by atoms with Gasteiger partial charge in [-0.15, -0.1) is 0 Å². The van der Waals surface area contributed by atoms with E-state index in [4.69, 9.17) is 4.52 Å². The van der Waals surface area contributed by atoms with Crippen LogP contribution in [0.2, 0.25) is 0 Å². The van der Waals surface area contributed by atoms with Gasteiger partial charge in [0, 0.05) is 18.5 Å². The van der Waals surface area contributed by atoms with Gasteiger partial charge in [-0.3, -0.25) is 4.79 Å². The number of amides is 1. The SMILES string of the molecule is CCC(CC)c1cc(C(=O)NCCC(O)c2ccccc2)on1. The average Bonchev–Trinajstić information content (AvgIpc) is 3.06. The number of hydrogen-bond acceptors (Lipinski definition) is 4. The van der Waals surface area contributed by atoms with Crippen molar-refractivity contribution < 1.29 is 14.4 Å². The number of aliphatic hydroxyl groups excluding tert-OH is 1. The summed E-state index contributed by atoms with van der Waals surface area (Å²) < 4.78 is 5.13. The quantitative estimate of drug-likeness (QED) is 0.782. The van der Waals surface area contributed by atoms with Crippen LogP contribution in [-0.2, 0) is 0 Å². The predicted molar refractivity (Wildman–Crippen MR) is 88.2 cm³/mol. The number of aromatic nitrogens is 1. The molecule has 0 spiro atoms. The van der Waals surface area contributed by atoms with Gasteiger partial charge in [0.1, 0.15) is 0 Å². The highest BCUT2D eigenvalue weighted by Gasteiger charge is 2.17. The Kier molecular flexibility index (Phi) is 6.35. The molecule has 0 saturated heterocycles. The first-order chi connectivity index (χ1) is 11.2. The molecule has 5 nitrogen and oxygen atoms in total. The molecular weight excluding hydrogens is 292 g/mol. The first kappa shape index (κ1) is 17.2. The number of nitrogens with zero attached hydrogens (tertiary/aromatic N) is 1. The lowest BCUT2D eigenvalue weighted by Gasteiger charge is -2.10. The number of carbonyl (C=O) groups excluding carboxylic acids is 1. The van der Waals surface area contributed by atoms with E-state index in [-0.39, 0.29) is 11.7 Å². The highest BCUT2D eigenvalue weighted by Crippen LogP contribution is 2.22. The summed E-state index contributed by atoms with van der Waals surface area (Å²) in [6.45, 7) is 4.55. The van der Waals surface area contributed by atoms with Crippen molar-refractivity contribution in [3.8, 4) is 0 Å². The molecule has 0 saturated carbocycles. The van der Waals surface area contributed by atoms with Gasteiger partial charge >= 0.3 is 0 Å². The van der Waals surface area contributed by atoms with Crippen molar-refractivity contribution in [3.05, 3.63) is 53.4 Å². The van der Waals surface area contributed by atoms with Crippen molar-refractivity contribution in [1.29, 1.82) is 0 Å². The topological polar surface area (TPSA) is 75.4 Å². The van der Waals surface area contributed by atoms with Gasteiger partial charge in [0.2, 0.25) is 5.76 Å². The van der Waals surface area contributed by atoms with Crippen LogP contribution in [0.1, 0.15) is 66.9 Å². The molecule has 0 aliphatic rings. The van der Waals surface area contributed by atoms with Gasteiger partial charge in [-0.25, -0.2) is 0 Å². The van der Waals surface area contributed by atoms with Crippen LogP contribution in [0.15, 0.2) is 40.9 Å². The monoisotopic (exact) mass is 316 g/mol. The lowest BCUT2D eigenvalue weighted by Crippen LogP contribution is -2.25.